The van der Waals surface area contributed by atoms with Crippen molar-refractivity contribution < 1.29 is 0 Å². The molecular formula is C23H24N6. The van der Waals surface area contributed by atoms with Crippen LogP contribution in [0.1, 0.15) is 48.0 Å². The molecule has 7 rings (SSSR count). The standard InChI is InChI=1S/C23H24N6/c1-10-18-17(28-26-10)7-6-16-21(18)19-11-2-3-12(8-11)20(19)22(25-16)13-4-5-15-14(9-13)23(24)29-27-15/h4-7,9,11-12,19-20,22,25H,2-3,8H2,1H3,(H,26,28)(H3,24,27,29). The van der Waals surface area contributed by atoms with Gasteiger partial charge in [0.1, 0.15) is 0 Å². The van der Waals surface area contributed by atoms with Crippen LogP contribution in [0.15, 0.2) is 30.3 Å². The van der Waals surface area contributed by atoms with Gasteiger partial charge in [-0.15, -0.1) is 0 Å². The average molecular weight is 384 g/mol. The first-order chi connectivity index (χ1) is 14.2. The second-order valence-corrected chi connectivity index (χ2v) is 9.24. The summed E-state index contributed by atoms with van der Waals surface area (Å²) in [5.74, 6) is 3.38. The fraction of sp³-hybridized carbons (Fsp3) is 0.391. The largest absolute Gasteiger partial charge is 0.382 e. The number of H-pyrrole nitrogens is 2. The third kappa shape index (κ3) is 1.96. The second kappa shape index (κ2) is 5.32. The van der Waals surface area contributed by atoms with Crippen molar-refractivity contribution in [3.63, 3.8) is 0 Å². The van der Waals surface area contributed by atoms with E-state index in [1.807, 2.05) is 0 Å². The first-order valence-corrected chi connectivity index (χ1v) is 10.7. The summed E-state index contributed by atoms with van der Waals surface area (Å²) in [6.45, 7) is 2.15. The molecule has 3 aliphatic rings. The second-order valence-electron chi connectivity index (χ2n) is 9.24. The Bertz CT molecular complexity index is 1280. The Hall–Kier alpha value is -3.02. The molecule has 5 unspecified atom stereocenters. The van der Waals surface area contributed by atoms with Crippen LogP contribution in [0.4, 0.5) is 11.5 Å². The Kier molecular flexibility index (Phi) is 2.91. The van der Waals surface area contributed by atoms with E-state index in [4.69, 9.17) is 5.73 Å². The monoisotopic (exact) mass is 384 g/mol. The van der Waals surface area contributed by atoms with E-state index in [2.05, 4.69) is 63.0 Å². The number of nitrogens with two attached hydrogens (primary N) is 1. The van der Waals surface area contributed by atoms with Crippen LogP contribution in [-0.4, -0.2) is 20.4 Å². The summed E-state index contributed by atoms with van der Waals surface area (Å²) in [7, 11) is 0. The maximum atomic E-state index is 6.11. The number of nitrogens with zero attached hydrogens (tertiary/aromatic N) is 2. The molecule has 3 heterocycles. The van der Waals surface area contributed by atoms with Gasteiger partial charge in [0.25, 0.3) is 0 Å². The highest BCUT2D eigenvalue weighted by molar-refractivity contribution is 5.92. The van der Waals surface area contributed by atoms with Crippen LogP contribution in [0.5, 0.6) is 0 Å². The molecule has 0 amide bonds. The molecule has 2 aliphatic carbocycles. The van der Waals surface area contributed by atoms with Gasteiger partial charge in [-0.05, 0) is 85.3 Å². The molecule has 0 saturated heterocycles. The zero-order valence-corrected chi connectivity index (χ0v) is 16.4. The predicted molar refractivity (Wildman–Crippen MR) is 115 cm³/mol. The minimum Gasteiger partial charge on any atom is -0.382 e. The summed E-state index contributed by atoms with van der Waals surface area (Å²) >= 11 is 0. The van der Waals surface area contributed by atoms with Gasteiger partial charge in [0, 0.05) is 22.2 Å². The Balaban J connectivity index is 1.45. The molecule has 6 nitrogen and oxygen atoms in total. The molecule has 2 fully saturated rings. The van der Waals surface area contributed by atoms with E-state index in [-0.39, 0.29) is 0 Å². The summed E-state index contributed by atoms with van der Waals surface area (Å²) in [4.78, 5) is 0. The fourth-order valence-electron chi connectivity index (χ4n) is 6.83. The Labute approximate surface area is 168 Å². The number of nitrogen functional groups attached to an aromatic ring is 1. The van der Waals surface area contributed by atoms with E-state index in [9.17, 15) is 0 Å². The highest BCUT2D eigenvalue weighted by atomic mass is 15.1. The van der Waals surface area contributed by atoms with Crippen molar-refractivity contribution in [2.24, 2.45) is 17.8 Å². The van der Waals surface area contributed by atoms with Crippen molar-refractivity contribution in [1.29, 1.82) is 0 Å². The van der Waals surface area contributed by atoms with Crippen LogP contribution >= 0.6 is 0 Å². The first kappa shape index (κ1) is 15.9. The molecule has 2 saturated carbocycles. The normalized spacial score (nSPS) is 29.9. The van der Waals surface area contributed by atoms with Gasteiger partial charge < -0.3 is 11.1 Å². The number of anilines is 2. The molecule has 0 spiro atoms. The number of hydrogen-bond acceptors (Lipinski definition) is 4. The molecule has 5 atom stereocenters. The van der Waals surface area contributed by atoms with Gasteiger partial charge in [-0.2, -0.15) is 10.2 Å². The fourth-order valence-corrected chi connectivity index (χ4v) is 6.83. The third-order valence-electron chi connectivity index (χ3n) is 7.93. The molecule has 29 heavy (non-hydrogen) atoms. The SMILES string of the molecule is Cc1[nH]nc2ccc3c(c12)C1C2CCC(C2)C1C(c1ccc2[nH]nc(N)c2c1)N3. The quantitative estimate of drug-likeness (QED) is 0.385. The molecule has 2 aromatic carbocycles. The third-order valence-corrected chi connectivity index (χ3v) is 7.93. The summed E-state index contributed by atoms with van der Waals surface area (Å²) in [6, 6.07) is 11.3. The van der Waals surface area contributed by atoms with Crippen molar-refractivity contribution in [2.45, 2.75) is 38.1 Å². The lowest BCUT2D eigenvalue weighted by Gasteiger charge is -2.44. The highest BCUT2D eigenvalue weighted by Gasteiger charge is 2.54. The minimum atomic E-state index is 0.311. The lowest BCUT2D eigenvalue weighted by atomic mass is 9.67. The van der Waals surface area contributed by atoms with Gasteiger partial charge in [0.2, 0.25) is 0 Å². The smallest absolute Gasteiger partial charge is 0.153 e. The van der Waals surface area contributed by atoms with E-state index in [1.54, 1.807) is 0 Å². The van der Waals surface area contributed by atoms with E-state index in [0.717, 1.165) is 28.3 Å². The maximum Gasteiger partial charge on any atom is 0.153 e. The molecule has 6 heteroatoms. The van der Waals surface area contributed by atoms with Crippen molar-refractivity contribution in [2.75, 3.05) is 11.1 Å². The van der Waals surface area contributed by atoms with Crippen LogP contribution in [0.3, 0.4) is 0 Å². The van der Waals surface area contributed by atoms with E-state index in [1.165, 1.54) is 47.2 Å². The van der Waals surface area contributed by atoms with Crippen molar-refractivity contribution in [1.82, 2.24) is 20.4 Å². The molecule has 4 aromatic rings. The van der Waals surface area contributed by atoms with Crippen LogP contribution in [-0.2, 0) is 0 Å². The number of hydrogen-bond donors (Lipinski definition) is 4. The summed E-state index contributed by atoms with van der Waals surface area (Å²) in [5, 5.41) is 21.3. The van der Waals surface area contributed by atoms with Gasteiger partial charge in [-0.3, -0.25) is 10.2 Å². The Morgan fingerprint density at radius 3 is 2.86 bits per heavy atom. The Morgan fingerprint density at radius 1 is 1.03 bits per heavy atom. The van der Waals surface area contributed by atoms with Gasteiger partial charge in [-0.1, -0.05) is 6.07 Å². The molecular weight excluding hydrogens is 360 g/mol. The lowest BCUT2D eigenvalue weighted by molar-refractivity contribution is 0.249. The van der Waals surface area contributed by atoms with Crippen LogP contribution in [0.25, 0.3) is 21.8 Å². The number of rotatable bonds is 1. The number of aromatic amines is 2. The van der Waals surface area contributed by atoms with E-state index >= 15 is 0 Å². The van der Waals surface area contributed by atoms with Crippen molar-refractivity contribution in [3.8, 4) is 0 Å². The molecule has 5 N–H and O–H groups in total. The van der Waals surface area contributed by atoms with Gasteiger partial charge >= 0.3 is 0 Å². The highest BCUT2D eigenvalue weighted by Crippen LogP contribution is 2.64. The molecule has 0 radical (unpaired) electrons. The molecule has 2 aromatic heterocycles. The number of benzene rings is 2. The van der Waals surface area contributed by atoms with Crippen molar-refractivity contribution in [3.05, 3.63) is 47.2 Å². The van der Waals surface area contributed by atoms with E-state index < -0.39 is 0 Å². The topological polar surface area (TPSA) is 95.4 Å². The molecule has 2 bridgehead atoms. The van der Waals surface area contributed by atoms with Crippen LogP contribution in [0.2, 0.25) is 0 Å². The number of nitrogens with one attached hydrogen (secondary N) is 3. The zero-order valence-electron chi connectivity index (χ0n) is 16.4. The van der Waals surface area contributed by atoms with Gasteiger partial charge in [0.15, 0.2) is 5.82 Å². The van der Waals surface area contributed by atoms with E-state index in [0.29, 0.717) is 23.7 Å². The summed E-state index contributed by atoms with van der Waals surface area (Å²) in [5.41, 5.74) is 13.5. The van der Waals surface area contributed by atoms with Crippen LogP contribution < -0.4 is 11.1 Å². The predicted octanol–water partition coefficient (Wildman–Crippen LogP) is 4.63. The minimum absolute atomic E-state index is 0.311. The molecule has 1 aliphatic heterocycles. The zero-order chi connectivity index (χ0) is 19.3. The number of aryl methyl sites for hydroxylation is 1. The number of fused-ring (bicyclic) bond motifs is 10. The first-order valence-electron chi connectivity index (χ1n) is 10.7. The Morgan fingerprint density at radius 2 is 1.93 bits per heavy atom. The van der Waals surface area contributed by atoms with Crippen LogP contribution in [0, 0.1) is 24.7 Å². The summed E-state index contributed by atoms with van der Waals surface area (Å²) < 4.78 is 0. The summed E-state index contributed by atoms with van der Waals surface area (Å²) in [6.07, 6.45) is 4.07. The number of aromatic nitrogens is 4. The average Bonchev–Trinajstić information content (AvgIpc) is 3.52. The lowest BCUT2D eigenvalue weighted by Crippen LogP contribution is -2.35. The van der Waals surface area contributed by atoms with Gasteiger partial charge in [-0.25, -0.2) is 0 Å². The van der Waals surface area contributed by atoms with Crippen molar-refractivity contribution >= 4 is 33.3 Å². The molecule has 146 valence electrons. The van der Waals surface area contributed by atoms with Gasteiger partial charge in [0.05, 0.1) is 17.1 Å². The maximum absolute atomic E-state index is 6.11.